The number of fused-ring (bicyclic) bond motifs is 2. The summed E-state index contributed by atoms with van der Waals surface area (Å²) in [4.78, 5) is 27.4. The molecule has 0 spiro atoms. The Balaban J connectivity index is 1.49. The molecular formula is C21H18BrN3O3. The number of hydrogen-bond donors (Lipinski definition) is 3. The highest BCUT2D eigenvalue weighted by Crippen LogP contribution is 2.21. The summed E-state index contributed by atoms with van der Waals surface area (Å²) in [6.45, 7) is 0.0583. The van der Waals surface area contributed by atoms with Crippen LogP contribution in [0.1, 0.15) is 5.56 Å². The smallest absolute Gasteiger partial charge is 0.326 e. The second-order valence-corrected chi connectivity index (χ2v) is 7.58. The van der Waals surface area contributed by atoms with Gasteiger partial charge in [0.15, 0.2) is 0 Å². The zero-order valence-corrected chi connectivity index (χ0v) is 16.4. The molecule has 2 aromatic heterocycles. The number of rotatable bonds is 6. The minimum atomic E-state index is -1.06. The molecule has 1 unspecified atom stereocenters. The normalized spacial score (nSPS) is 12.3. The molecule has 2 heterocycles. The zero-order chi connectivity index (χ0) is 19.7. The largest absolute Gasteiger partial charge is 0.480 e. The van der Waals surface area contributed by atoms with Crippen molar-refractivity contribution in [3.63, 3.8) is 0 Å². The molecule has 7 heteroatoms. The Labute approximate surface area is 169 Å². The summed E-state index contributed by atoms with van der Waals surface area (Å²) in [5.41, 5.74) is 2.72. The summed E-state index contributed by atoms with van der Waals surface area (Å²) >= 11 is 3.43. The third kappa shape index (κ3) is 3.66. The zero-order valence-electron chi connectivity index (χ0n) is 14.9. The quantitative estimate of drug-likeness (QED) is 0.428. The van der Waals surface area contributed by atoms with Gasteiger partial charge in [0.25, 0.3) is 0 Å². The molecule has 28 heavy (non-hydrogen) atoms. The van der Waals surface area contributed by atoms with E-state index in [0.29, 0.717) is 0 Å². The molecule has 4 rings (SSSR count). The molecule has 1 amide bonds. The molecule has 4 aromatic rings. The third-order valence-electron chi connectivity index (χ3n) is 4.78. The van der Waals surface area contributed by atoms with Gasteiger partial charge in [0.2, 0.25) is 5.91 Å². The van der Waals surface area contributed by atoms with Gasteiger partial charge in [-0.3, -0.25) is 4.79 Å². The van der Waals surface area contributed by atoms with Crippen LogP contribution in [0.25, 0.3) is 21.8 Å². The van der Waals surface area contributed by atoms with Gasteiger partial charge in [-0.1, -0.05) is 34.1 Å². The summed E-state index contributed by atoms with van der Waals surface area (Å²) in [5, 5.41) is 14.2. The Morgan fingerprint density at radius 2 is 2.00 bits per heavy atom. The first-order valence-corrected chi connectivity index (χ1v) is 9.62. The van der Waals surface area contributed by atoms with Crippen molar-refractivity contribution >= 4 is 49.6 Å². The number of para-hydroxylation sites is 1. The fourth-order valence-electron chi connectivity index (χ4n) is 3.42. The van der Waals surface area contributed by atoms with Crippen LogP contribution < -0.4 is 5.32 Å². The average Bonchev–Trinajstić information content (AvgIpc) is 3.25. The lowest BCUT2D eigenvalue weighted by Crippen LogP contribution is -2.43. The number of hydrogen-bond acceptors (Lipinski definition) is 2. The van der Waals surface area contributed by atoms with Crippen LogP contribution in [0, 0.1) is 0 Å². The Morgan fingerprint density at radius 3 is 2.82 bits per heavy atom. The molecule has 0 aliphatic rings. The molecule has 3 N–H and O–H groups in total. The lowest BCUT2D eigenvalue weighted by atomic mass is 10.0. The minimum absolute atomic E-state index is 0.0583. The van der Waals surface area contributed by atoms with E-state index in [2.05, 4.69) is 26.2 Å². The van der Waals surface area contributed by atoms with E-state index in [1.165, 1.54) is 0 Å². The van der Waals surface area contributed by atoms with E-state index in [1.807, 2.05) is 59.3 Å². The van der Waals surface area contributed by atoms with Crippen LogP contribution >= 0.6 is 15.9 Å². The highest BCUT2D eigenvalue weighted by molar-refractivity contribution is 9.10. The van der Waals surface area contributed by atoms with E-state index in [4.69, 9.17) is 0 Å². The summed E-state index contributed by atoms with van der Waals surface area (Å²) in [6, 6.07) is 14.4. The maximum Gasteiger partial charge on any atom is 0.326 e. The fourth-order valence-corrected chi connectivity index (χ4v) is 3.80. The number of amides is 1. The number of benzene rings is 2. The standard InChI is InChI=1S/C21H18BrN3O3/c22-15-5-6-19-13(9-15)7-8-25(19)12-20(26)24-18(21(27)28)10-14-11-23-17-4-2-1-3-16(14)17/h1-9,11,18,23H,10,12H2,(H,24,26)(H,27,28). The van der Waals surface area contributed by atoms with Gasteiger partial charge in [0, 0.05) is 45.1 Å². The van der Waals surface area contributed by atoms with Crippen molar-refractivity contribution in [2.75, 3.05) is 0 Å². The number of nitrogens with one attached hydrogen (secondary N) is 2. The summed E-state index contributed by atoms with van der Waals surface area (Å²) in [6.07, 6.45) is 3.83. The van der Waals surface area contributed by atoms with Crippen LogP contribution in [-0.4, -0.2) is 32.6 Å². The molecule has 0 saturated heterocycles. The van der Waals surface area contributed by atoms with Crippen molar-refractivity contribution in [1.82, 2.24) is 14.9 Å². The first-order chi connectivity index (χ1) is 13.5. The maximum atomic E-state index is 12.5. The predicted octanol–water partition coefficient (Wildman–Crippen LogP) is 3.70. The highest BCUT2D eigenvalue weighted by atomic mass is 79.9. The topological polar surface area (TPSA) is 87.1 Å². The van der Waals surface area contributed by atoms with Crippen LogP contribution in [0.4, 0.5) is 0 Å². The van der Waals surface area contributed by atoms with E-state index in [9.17, 15) is 14.7 Å². The van der Waals surface area contributed by atoms with Crippen LogP contribution in [0.3, 0.4) is 0 Å². The van der Waals surface area contributed by atoms with E-state index in [0.717, 1.165) is 31.8 Å². The van der Waals surface area contributed by atoms with Crippen LogP contribution in [0.15, 0.2) is 65.4 Å². The molecule has 0 fully saturated rings. The second kappa shape index (κ2) is 7.52. The van der Waals surface area contributed by atoms with Gasteiger partial charge in [-0.25, -0.2) is 4.79 Å². The average molecular weight is 440 g/mol. The predicted molar refractivity (Wildman–Crippen MR) is 111 cm³/mol. The molecular weight excluding hydrogens is 422 g/mol. The lowest BCUT2D eigenvalue weighted by Gasteiger charge is -2.15. The van der Waals surface area contributed by atoms with E-state index < -0.39 is 12.0 Å². The van der Waals surface area contributed by atoms with Gasteiger partial charge in [-0.05, 0) is 35.9 Å². The number of carbonyl (C=O) groups excluding carboxylic acids is 1. The summed E-state index contributed by atoms with van der Waals surface area (Å²) in [5.74, 6) is -1.40. The number of nitrogens with zero attached hydrogens (tertiary/aromatic N) is 1. The van der Waals surface area contributed by atoms with Gasteiger partial charge < -0.3 is 20.0 Å². The second-order valence-electron chi connectivity index (χ2n) is 6.67. The fraction of sp³-hybridized carbons (Fsp3) is 0.143. The number of aliphatic carboxylic acids is 1. The van der Waals surface area contributed by atoms with Crippen LogP contribution in [-0.2, 0) is 22.6 Å². The number of carboxylic acid groups (broad SMARTS) is 1. The maximum absolute atomic E-state index is 12.5. The first-order valence-electron chi connectivity index (χ1n) is 8.83. The number of aromatic nitrogens is 2. The summed E-state index contributed by atoms with van der Waals surface area (Å²) < 4.78 is 2.77. The number of H-pyrrole nitrogens is 1. The molecule has 0 aliphatic carbocycles. The number of carbonyl (C=O) groups is 2. The van der Waals surface area contributed by atoms with Crippen molar-refractivity contribution in [2.45, 2.75) is 19.0 Å². The number of carboxylic acids is 1. The van der Waals surface area contributed by atoms with Gasteiger partial charge in [-0.15, -0.1) is 0 Å². The number of halogens is 1. The van der Waals surface area contributed by atoms with Crippen LogP contribution in [0.5, 0.6) is 0 Å². The van der Waals surface area contributed by atoms with Crippen molar-refractivity contribution in [3.8, 4) is 0 Å². The minimum Gasteiger partial charge on any atom is -0.480 e. The molecule has 1 atom stereocenters. The monoisotopic (exact) mass is 439 g/mol. The molecule has 2 aromatic carbocycles. The van der Waals surface area contributed by atoms with Crippen LogP contribution in [0.2, 0.25) is 0 Å². The summed E-state index contributed by atoms with van der Waals surface area (Å²) in [7, 11) is 0. The van der Waals surface area contributed by atoms with Gasteiger partial charge in [-0.2, -0.15) is 0 Å². The van der Waals surface area contributed by atoms with Crippen molar-refractivity contribution in [3.05, 3.63) is 71.0 Å². The Morgan fingerprint density at radius 1 is 1.18 bits per heavy atom. The first kappa shape index (κ1) is 18.3. The van der Waals surface area contributed by atoms with Crippen molar-refractivity contribution in [1.29, 1.82) is 0 Å². The molecule has 0 bridgehead atoms. The van der Waals surface area contributed by atoms with Gasteiger partial charge >= 0.3 is 5.97 Å². The molecule has 142 valence electrons. The lowest BCUT2D eigenvalue weighted by molar-refractivity contribution is -0.141. The van der Waals surface area contributed by atoms with E-state index in [1.54, 1.807) is 6.20 Å². The third-order valence-corrected chi connectivity index (χ3v) is 5.27. The molecule has 0 aliphatic heterocycles. The molecule has 0 radical (unpaired) electrons. The molecule has 0 saturated carbocycles. The highest BCUT2D eigenvalue weighted by Gasteiger charge is 2.22. The SMILES string of the molecule is O=C(Cn1ccc2cc(Br)ccc21)NC(Cc1c[nH]c2ccccc12)C(=O)O. The van der Waals surface area contributed by atoms with Crippen molar-refractivity contribution < 1.29 is 14.7 Å². The van der Waals surface area contributed by atoms with E-state index in [-0.39, 0.29) is 18.9 Å². The number of aromatic amines is 1. The Hall–Kier alpha value is -3.06. The molecule has 6 nitrogen and oxygen atoms in total. The Bertz CT molecular complexity index is 1180. The van der Waals surface area contributed by atoms with Gasteiger partial charge in [0.1, 0.15) is 12.6 Å². The van der Waals surface area contributed by atoms with E-state index >= 15 is 0 Å². The Kier molecular flexibility index (Phi) is 4.92. The van der Waals surface area contributed by atoms with Gasteiger partial charge in [0.05, 0.1) is 0 Å². The van der Waals surface area contributed by atoms with Crippen molar-refractivity contribution in [2.24, 2.45) is 0 Å².